The number of nitrogens with zero attached hydrogens (tertiary/aromatic N) is 1. The van der Waals surface area contributed by atoms with E-state index in [1.807, 2.05) is 48.2 Å². The Kier molecular flexibility index (Phi) is 3.58. The van der Waals surface area contributed by atoms with E-state index >= 15 is 0 Å². The number of carbonyl (C=O) groups is 2. The van der Waals surface area contributed by atoms with E-state index < -0.39 is 17.4 Å². The lowest BCUT2D eigenvalue weighted by molar-refractivity contribution is -0.151. The third-order valence-corrected chi connectivity index (χ3v) is 5.95. The maximum Gasteiger partial charge on any atom is 0.312 e. The summed E-state index contributed by atoms with van der Waals surface area (Å²) in [6.45, 7) is 2.47. The second-order valence-corrected chi connectivity index (χ2v) is 7.53. The van der Waals surface area contributed by atoms with Crippen molar-refractivity contribution >= 4 is 27.8 Å². The van der Waals surface area contributed by atoms with Gasteiger partial charge in [-0.15, -0.1) is 0 Å². The van der Waals surface area contributed by atoms with Crippen LogP contribution in [0.25, 0.3) is 0 Å². The van der Waals surface area contributed by atoms with Gasteiger partial charge in [-0.3, -0.25) is 9.59 Å². The molecule has 0 N–H and O–H groups in total. The largest absolute Gasteiger partial charge is 0.469 e. The van der Waals surface area contributed by atoms with Crippen LogP contribution in [0.4, 0.5) is 0 Å². The maximum atomic E-state index is 13.1. The van der Waals surface area contributed by atoms with E-state index in [-0.39, 0.29) is 24.0 Å². The van der Waals surface area contributed by atoms with Crippen molar-refractivity contribution in [2.45, 2.75) is 24.7 Å². The number of esters is 1. The van der Waals surface area contributed by atoms with Gasteiger partial charge in [0.1, 0.15) is 11.5 Å². The Hall–Kier alpha value is -1.66. The van der Waals surface area contributed by atoms with Crippen LogP contribution >= 0.6 is 15.9 Å². The number of fused-ring (bicyclic) bond motifs is 1. The summed E-state index contributed by atoms with van der Waals surface area (Å²) >= 11 is 3.43. The molecule has 1 aromatic rings. The highest BCUT2D eigenvalue weighted by Crippen LogP contribution is 2.53. The van der Waals surface area contributed by atoms with Crippen molar-refractivity contribution in [3.63, 3.8) is 0 Å². The Labute approximate surface area is 148 Å². The Balaban J connectivity index is 1.65. The minimum absolute atomic E-state index is 0.0346. The van der Waals surface area contributed by atoms with E-state index in [2.05, 4.69) is 15.9 Å². The molecule has 2 saturated heterocycles. The molecule has 3 aliphatic heterocycles. The van der Waals surface area contributed by atoms with Gasteiger partial charge in [0.2, 0.25) is 5.91 Å². The fraction of sp³-hybridized carbons (Fsp3) is 0.444. The fourth-order valence-electron chi connectivity index (χ4n) is 4.18. The van der Waals surface area contributed by atoms with Crippen molar-refractivity contribution < 1.29 is 19.1 Å². The molecule has 0 saturated carbocycles. The molecule has 5 atom stereocenters. The molecule has 3 aliphatic rings. The number of halogens is 1. The molecule has 4 rings (SSSR count). The van der Waals surface area contributed by atoms with Crippen molar-refractivity contribution in [2.75, 3.05) is 13.7 Å². The molecule has 2 fully saturated rings. The van der Waals surface area contributed by atoms with Gasteiger partial charge < -0.3 is 14.4 Å². The normalized spacial score (nSPS) is 34.5. The molecule has 1 spiro atoms. The van der Waals surface area contributed by atoms with Crippen LogP contribution in [0.2, 0.25) is 0 Å². The topological polar surface area (TPSA) is 55.8 Å². The van der Waals surface area contributed by atoms with Gasteiger partial charge in [0.05, 0.1) is 31.7 Å². The third kappa shape index (κ3) is 2.09. The number of ether oxygens (including phenoxy) is 2. The standard InChI is InChI=1S/C18H18BrNO4/c1-10(11-3-5-12(19)6-4-11)20-9-18-8-7-13(24-18)14(17(22)23-2)15(18)16(20)21/h3-8,10,13-15H,9H2,1-2H3/t10-,13-,14-,15+,18-/m0/s1. The molecule has 0 aliphatic carbocycles. The Bertz CT molecular complexity index is 731. The summed E-state index contributed by atoms with van der Waals surface area (Å²) in [5.74, 6) is -1.44. The predicted molar refractivity (Wildman–Crippen MR) is 90.0 cm³/mol. The first-order chi connectivity index (χ1) is 11.5. The first kappa shape index (κ1) is 15.8. The molecule has 126 valence electrons. The molecule has 0 unspecified atom stereocenters. The Morgan fingerprint density at radius 3 is 2.79 bits per heavy atom. The van der Waals surface area contributed by atoms with Gasteiger partial charge in [0.15, 0.2) is 0 Å². The van der Waals surface area contributed by atoms with Gasteiger partial charge >= 0.3 is 5.97 Å². The molecular formula is C18H18BrNO4. The third-order valence-electron chi connectivity index (χ3n) is 5.42. The highest BCUT2D eigenvalue weighted by Gasteiger charge is 2.67. The van der Waals surface area contributed by atoms with E-state index in [1.165, 1.54) is 7.11 Å². The lowest BCUT2D eigenvalue weighted by Gasteiger charge is -2.27. The van der Waals surface area contributed by atoms with Crippen LogP contribution in [0.3, 0.4) is 0 Å². The van der Waals surface area contributed by atoms with Gasteiger partial charge in [-0.25, -0.2) is 0 Å². The van der Waals surface area contributed by atoms with Crippen LogP contribution in [0, 0.1) is 11.8 Å². The highest BCUT2D eigenvalue weighted by atomic mass is 79.9. The Morgan fingerprint density at radius 2 is 2.12 bits per heavy atom. The monoisotopic (exact) mass is 391 g/mol. The van der Waals surface area contributed by atoms with Crippen LogP contribution in [0.15, 0.2) is 40.9 Å². The molecule has 0 radical (unpaired) electrons. The lowest BCUT2D eigenvalue weighted by Crippen LogP contribution is -2.39. The van der Waals surface area contributed by atoms with Crippen LogP contribution in [0.5, 0.6) is 0 Å². The molecule has 2 bridgehead atoms. The van der Waals surface area contributed by atoms with Gasteiger partial charge in [0, 0.05) is 4.47 Å². The van der Waals surface area contributed by atoms with Crippen molar-refractivity contribution in [2.24, 2.45) is 11.8 Å². The number of methoxy groups -OCH3 is 1. The second-order valence-electron chi connectivity index (χ2n) is 6.62. The summed E-state index contributed by atoms with van der Waals surface area (Å²) in [5.41, 5.74) is 0.362. The van der Waals surface area contributed by atoms with E-state index in [9.17, 15) is 9.59 Å². The zero-order chi connectivity index (χ0) is 17.1. The first-order valence-electron chi connectivity index (χ1n) is 7.98. The SMILES string of the molecule is COC(=O)[C@H]1[C@@H]2C=C[C@@]3(CN([C@@H](C)c4ccc(Br)cc4)C(=O)[C@@H]13)O2. The van der Waals surface area contributed by atoms with E-state index in [4.69, 9.17) is 9.47 Å². The summed E-state index contributed by atoms with van der Waals surface area (Å²) < 4.78 is 11.9. The smallest absolute Gasteiger partial charge is 0.312 e. The van der Waals surface area contributed by atoms with Crippen LogP contribution in [-0.2, 0) is 19.1 Å². The Morgan fingerprint density at radius 1 is 1.42 bits per heavy atom. The fourth-order valence-corrected chi connectivity index (χ4v) is 4.45. The van der Waals surface area contributed by atoms with Gasteiger partial charge in [-0.05, 0) is 24.6 Å². The van der Waals surface area contributed by atoms with Crippen LogP contribution < -0.4 is 0 Å². The summed E-state index contributed by atoms with van der Waals surface area (Å²) in [4.78, 5) is 27.1. The summed E-state index contributed by atoms with van der Waals surface area (Å²) in [6.07, 6.45) is 3.49. The van der Waals surface area contributed by atoms with Gasteiger partial charge in [-0.1, -0.05) is 40.2 Å². The van der Waals surface area contributed by atoms with Gasteiger partial charge in [0.25, 0.3) is 0 Å². The van der Waals surface area contributed by atoms with Crippen molar-refractivity contribution in [3.8, 4) is 0 Å². The van der Waals surface area contributed by atoms with Crippen molar-refractivity contribution in [1.29, 1.82) is 0 Å². The number of hydrogen-bond donors (Lipinski definition) is 0. The summed E-state index contributed by atoms with van der Waals surface area (Å²) in [6, 6.07) is 7.84. The number of hydrogen-bond acceptors (Lipinski definition) is 4. The average Bonchev–Trinajstić information content (AvgIpc) is 3.22. The van der Waals surface area contributed by atoms with Crippen molar-refractivity contribution in [3.05, 3.63) is 46.5 Å². The van der Waals surface area contributed by atoms with E-state index in [0.717, 1.165) is 10.0 Å². The molecule has 1 aromatic carbocycles. The minimum Gasteiger partial charge on any atom is -0.469 e. The summed E-state index contributed by atoms with van der Waals surface area (Å²) in [5, 5.41) is 0. The maximum absolute atomic E-state index is 13.1. The summed E-state index contributed by atoms with van der Waals surface area (Å²) in [7, 11) is 1.35. The number of amides is 1. The van der Waals surface area contributed by atoms with Crippen LogP contribution in [0.1, 0.15) is 18.5 Å². The van der Waals surface area contributed by atoms with E-state index in [1.54, 1.807) is 0 Å². The number of carbonyl (C=O) groups excluding carboxylic acids is 2. The average molecular weight is 392 g/mol. The molecule has 24 heavy (non-hydrogen) atoms. The zero-order valence-electron chi connectivity index (χ0n) is 13.4. The number of benzene rings is 1. The quantitative estimate of drug-likeness (QED) is 0.586. The highest BCUT2D eigenvalue weighted by molar-refractivity contribution is 9.10. The molecule has 1 amide bonds. The minimum atomic E-state index is -0.690. The molecule has 0 aromatic heterocycles. The number of rotatable bonds is 3. The zero-order valence-corrected chi connectivity index (χ0v) is 15.0. The van der Waals surface area contributed by atoms with Crippen LogP contribution in [-0.4, -0.2) is 42.1 Å². The predicted octanol–water partition coefficient (Wildman–Crippen LogP) is 2.47. The van der Waals surface area contributed by atoms with E-state index in [0.29, 0.717) is 6.54 Å². The van der Waals surface area contributed by atoms with Crippen molar-refractivity contribution in [1.82, 2.24) is 4.90 Å². The second kappa shape index (κ2) is 5.43. The molecule has 3 heterocycles. The number of likely N-dealkylation sites (tertiary alicyclic amines) is 1. The molecule has 5 nitrogen and oxygen atoms in total. The van der Waals surface area contributed by atoms with Gasteiger partial charge in [-0.2, -0.15) is 0 Å². The molecule has 6 heteroatoms. The molecular weight excluding hydrogens is 374 g/mol. The lowest BCUT2D eigenvalue weighted by atomic mass is 9.77. The first-order valence-corrected chi connectivity index (χ1v) is 8.77.